The summed E-state index contributed by atoms with van der Waals surface area (Å²) in [6, 6.07) is 14.1. The maximum atomic E-state index is 12.5. The first-order chi connectivity index (χ1) is 12.0. The molecule has 130 valence electrons. The number of nitrogens with zero attached hydrogens (tertiary/aromatic N) is 1. The lowest BCUT2D eigenvalue weighted by Gasteiger charge is -2.09. The summed E-state index contributed by atoms with van der Waals surface area (Å²) in [6.45, 7) is 2.06. The number of carbonyl (C=O) groups excluding carboxylic acids is 1. The molecule has 1 N–H and O–H groups in total. The van der Waals surface area contributed by atoms with Gasteiger partial charge in [0, 0.05) is 0 Å². The van der Waals surface area contributed by atoms with Gasteiger partial charge in [-0.25, -0.2) is 13.4 Å². The zero-order chi connectivity index (χ0) is 17.9. The minimum atomic E-state index is -3.46. The van der Waals surface area contributed by atoms with E-state index in [-0.39, 0.29) is 22.8 Å². The van der Waals surface area contributed by atoms with Crippen LogP contribution in [0.3, 0.4) is 0 Å². The molecule has 0 saturated heterocycles. The van der Waals surface area contributed by atoms with Crippen molar-refractivity contribution in [2.75, 3.05) is 5.75 Å². The number of sulfone groups is 1. The molecule has 0 aliphatic carbocycles. The van der Waals surface area contributed by atoms with Crippen LogP contribution in [-0.4, -0.2) is 25.1 Å². The number of aromatic nitrogens is 1. The lowest BCUT2D eigenvalue weighted by atomic mass is 10.2. The van der Waals surface area contributed by atoms with Crippen LogP contribution >= 0.6 is 11.3 Å². The molecule has 1 heterocycles. The van der Waals surface area contributed by atoms with Crippen molar-refractivity contribution < 1.29 is 13.2 Å². The topological polar surface area (TPSA) is 76.1 Å². The predicted molar refractivity (Wildman–Crippen MR) is 99.6 cm³/mol. The van der Waals surface area contributed by atoms with E-state index in [4.69, 9.17) is 0 Å². The highest BCUT2D eigenvalue weighted by Gasteiger charge is 2.21. The molecule has 1 amide bonds. The van der Waals surface area contributed by atoms with E-state index >= 15 is 0 Å². The van der Waals surface area contributed by atoms with Crippen molar-refractivity contribution in [3.05, 3.63) is 59.1 Å². The van der Waals surface area contributed by atoms with Crippen molar-refractivity contribution in [1.29, 1.82) is 0 Å². The average molecular weight is 374 g/mol. The Kier molecular flexibility index (Phi) is 5.15. The number of hydrogen-bond donors (Lipinski definition) is 1. The Hall–Kier alpha value is -2.25. The maximum absolute atomic E-state index is 12.5. The molecule has 1 aromatic heterocycles. The van der Waals surface area contributed by atoms with E-state index in [2.05, 4.69) is 10.3 Å². The quantitative estimate of drug-likeness (QED) is 0.717. The summed E-state index contributed by atoms with van der Waals surface area (Å²) < 4.78 is 25.8. The van der Waals surface area contributed by atoms with Gasteiger partial charge in [0.25, 0.3) is 5.91 Å². The molecule has 0 spiro atoms. The van der Waals surface area contributed by atoms with E-state index in [9.17, 15) is 13.2 Å². The van der Waals surface area contributed by atoms with Crippen LogP contribution in [0.15, 0.2) is 53.4 Å². The van der Waals surface area contributed by atoms with E-state index in [1.54, 1.807) is 19.1 Å². The fourth-order valence-corrected chi connectivity index (χ4v) is 5.00. The molecular formula is C18H18N2O3S2. The smallest absolute Gasteiger partial charge is 0.252 e. The molecule has 0 aliphatic rings. The van der Waals surface area contributed by atoms with Crippen LogP contribution in [0.2, 0.25) is 0 Å². The van der Waals surface area contributed by atoms with E-state index in [0.717, 1.165) is 15.2 Å². The Labute approximate surface area is 150 Å². The largest absolute Gasteiger partial charge is 0.345 e. The monoisotopic (exact) mass is 374 g/mol. The molecular weight excluding hydrogens is 356 g/mol. The van der Waals surface area contributed by atoms with Gasteiger partial charge in [0.15, 0.2) is 9.84 Å². The maximum Gasteiger partial charge on any atom is 0.252 e. The van der Waals surface area contributed by atoms with Crippen LogP contribution in [-0.2, 0) is 16.4 Å². The number of nitrogens with one attached hydrogen (secondary N) is 1. The number of fused-ring (bicyclic) bond motifs is 1. The molecule has 0 radical (unpaired) electrons. The molecule has 0 bridgehead atoms. The highest BCUT2D eigenvalue weighted by molar-refractivity contribution is 7.91. The van der Waals surface area contributed by atoms with Crippen LogP contribution < -0.4 is 5.32 Å². The number of thiazole rings is 1. The van der Waals surface area contributed by atoms with Crippen molar-refractivity contribution >= 4 is 37.3 Å². The second-order valence-corrected chi connectivity index (χ2v) is 8.77. The normalized spacial score (nSPS) is 11.6. The number of para-hydroxylation sites is 1. The summed E-state index contributed by atoms with van der Waals surface area (Å²) in [5, 5.41) is 3.56. The van der Waals surface area contributed by atoms with Crippen LogP contribution in [0, 0.1) is 0 Å². The predicted octanol–water partition coefficient (Wildman–Crippen LogP) is 3.41. The summed E-state index contributed by atoms with van der Waals surface area (Å²) in [4.78, 5) is 17.1. The first kappa shape index (κ1) is 17.6. The molecule has 25 heavy (non-hydrogen) atoms. The van der Waals surface area contributed by atoms with Gasteiger partial charge in [0.1, 0.15) is 5.01 Å². The van der Waals surface area contributed by atoms with Gasteiger partial charge in [0.2, 0.25) is 0 Å². The Bertz CT molecular complexity index is 977. The summed E-state index contributed by atoms with van der Waals surface area (Å²) >= 11 is 1.51. The summed E-state index contributed by atoms with van der Waals surface area (Å²) in [5.41, 5.74) is 1.07. The van der Waals surface area contributed by atoms with E-state index in [1.807, 2.05) is 24.3 Å². The first-order valence-electron chi connectivity index (χ1n) is 7.95. The van der Waals surface area contributed by atoms with Crippen molar-refractivity contribution in [3.63, 3.8) is 0 Å². The van der Waals surface area contributed by atoms with Gasteiger partial charge in [-0.2, -0.15) is 0 Å². The number of carbonyl (C=O) groups is 1. The van der Waals surface area contributed by atoms with Crippen molar-refractivity contribution in [2.24, 2.45) is 0 Å². The van der Waals surface area contributed by atoms with Crippen molar-refractivity contribution in [2.45, 2.75) is 24.8 Å². The van der Waals surface area contributed by atoms with Gasteiger partial charge in [-0.15, -0.1) is 11.3 Å². The minimum absolute atomic E-state index is 0.0230. The molecule has 0 fully saturated rings. The lowest BCUT2D eigenvalue weighted by molar-refractivity contribution is 0.0947. The molecule has 3 rings (SSSR count). The fourth-order valence-electron chi connectivity index (χ4n) is 2.55. The summed E-state index contributed by atoms with van der Waals surface area (Å²) in [7, 11) is -3.46. The van der Waals surface area contributed by atoms with Crippen LogP contribution in [0.4, 0.5) is 0 Å². The lowest BCUT2D eigenvalue weighted by Crippen LogP contribution is -2.25. The van der Waals surface area contributed by atoms with E-state index in [0.29, 0.717) is 6.42 Å². The van der Waals surface area contributed by atoms with Gasteiger partial charge >= 0.3 is 0 Å². The standard InChI is InChI=1S/C18H18N2O3S2/c1-2-11-25(22,23)16-10-6-3-7-13(16)18(21)19-12-17-20-14-8-4-5-9-15(14)24-17/h3-10H,2,11-12H2,1H3,(H,19,21). The number of hydrogen-bond acceptors (Lipinski definition) is 5. The Balaban J connectivity index is 1.80. The zero-order valence-corrected chi connectivity index (χ0v) is 15.4. The first-order valence-corrected chi connectivity index (χ1v) is 10.4. The summed E-state index contributed by atoms with van der Waals surface area (Å²) in [6.07, 6.45) is 0.504. The third kappa shape index (κ3) is 3.88. The van der Waals surface area contributed by atoms with Gasteiger partial charge in [-0.05, 0) is 30.7 Å². The van der Waals surface area contributed by atoms with Gasteiger partial charge in [-0.3, -0.25) is 4.79 Å². The molecule has 0 saturated carbocycles. The number of amides is 1. The van der Waals surface area contributed by atoms with Gasteiger partial charge in [0.05, 0.1) is 33.0 Å². The molecule has 0 unspecified atom stereocenters. The molecule has 0 aliphatic heterocycles. The second-order valence-electron chi connectivity index (χ2n) is 5.57. The Morgan fingerprint density at radius 2 is 1.84 bits per heavy atom. The van der Waals surface area contributed by atoms with Crippen molar-refractivity contribution in [3.8, 4) is 0 Å². The average Bonchev–Trinajstić information content (AvgIpc) is 3.02. The third-order valence-electron chi connectivity index (χ3n) is 3.68. The Morgan fingerprint density at radius 1 is 1.12 bits per heavy atom. The molecule has 2 aromatic carbocycles. The number of rotatable bonds is 6. The second kappa shape index (κ2) is 7.33. The fraction of sp³-hybridized carbons (Fsp3) is 0.222. The Morgan fingerprint density at radius 3 is 2.60 bits per heavy atom. The highest BCUT2D eigenvalue weighted by Crippen LogP contribution is 2.22. The molecule has 0 atom stereocenters. The minimum Gasteiger partial charge on any atom is -0.345 e. The van der Waals surface area contributed by atoms with Crippen LogP contribution in [0.5, 0.6) is 0 Å². The molecule has 3 aromatic rings. The van der Waals surface area contributed by atoms with Gasteiger partial charge in [-0.1, -0.05) is 31.2 Å². The van der Waals surface area contributed by atoms with Gasteiger partial charge < -0.3 is 5.32 Å². The van der Waals surface area contributed by atoms with E-state index < -0.39 is 15.7 Å². The SMILES string of the molecule is CCCS(=O)(=O)c1ccccc1C(=O)NCc1nc2ccccc2s1. The number of benzene rings is 2. The van der Waals surface area contributed by atoms with Crippen LogP contribution in [0.1, 0.15) is 28.7 Å². The van der Waals surface area contributed by atoms with Crippen LogP contribution in [0.25, 0.3) is 10.2 Å². The molecule has 5 nitrogen and oxygen atoms in total. The highest BCUT2D eigenvalue weighted by atomic mass is 32.2. The summed E-state index contributed by atoms with van der Waals surface area (Å²) in [5.74, 6) is -0.385. The zero-order valence-electron chi connectivity index (χ0n) is 13.7. The molecule has 7 heteroatoms. The third-order valence-corrected chi connectivity index (χ3v) is 6.69. The van der Waals surface area contributed by atoms with Crippen molar-refractivity contribution in [1.82, 2.24) is 10.3 Å². The van der Waals surface area contributed by atoms with E-state index in [1.165, 1.54) is 23.5 Å².